The number of hydrogen-bond donors (Lipinski definition) is 2. The zero-order chi connectivity index (χ0) is 17.5. The first-order valence-electron chi connectivity index (χ1n) is 8.38. The number of nitrogens with one attached hydrogen (secondary N) is 2. The Morgan fingerprint density at radius 2 is 1.83 bits per heavy atom. The minimum atomic E-state index is 0.0344. The highest BCUT2D eigenvalue weighted by Crippen LogP contribution is 2.16. The summed E-state index contributed by atoms with van der Waals surface area (Å²) >= 11 is 0. The Morgan fingerprint density at radius 1 is 1.12 bits per heavy atom. The van der Waals surface area contributed by atoms with Gasteiger partial charge < -0.3 is 15.0 Å². The van der Waals surface area contributed by atoms with Gasteiger partial charge in [-0.2, -0.15) is 0 Å². The van der Waals surface area contributed by atoms with Crippen LogP contribution >= 0.6 is 0 Å². The quantitative estimate of drug-likeness (QED) is 0.820. The van der Waals surface area contributed by atoms with Gasteiger partial charge in [0.15, 0.2) is 6.54 Å². The van der Waals surface area contributed by atoms with Gasteiger partial charge >= 0.3 is 0 Å². The normalized spacial score (nSPS) is 11.8. The highest BCUT2D eigenvalue weighted by molar-refractivity contribution is 5.92. The fourth-order valence-corrected chi connectivity index (χ4v) is 2.62. The zero-order valence-electron chi connectivity index (χ0n) is 15.0. The third kappa shape index (κ3) is 5.39. The monoisotopic (exact) mass is 327 g/mol. The van der Waals surface area contributed by atoms with Crippen molar-refractivity contribution < 1.29 is 14.4 Å². The number of anilines is 1. The van der Waals surface area contributed by atoms with E-state index in [1.165, 1.54) is 5.56 Å². The fraction of sp³-hybridized carbons (Fsp3) is 0.350. The Balaban J connectivity index is 1.88. The summed E-state index contributed by atoms with van der Waals surface area (Å²) in [6.07, 6.45) is 0. The molecule has 24 heavy (non-hydrogen) atoms. The third-order valence-corrected chi connectivity index (χ3v) is 3.87. The largest absolute Gasteiger partial charge is 0.494 e. The van der Waals surface area contributed by atoms with Crippen LogP contribution in [0.3, 0.4) is 0 Å². The molecular weight excluding hydrogens is 300 g/mol. The minimum Gasteiger partial charge on any atom is -0.494 e. The Morgan fingerprint density at radius 3 is 2.50 bits per heavy atom. The van der Waals surface area contributed by atoms with E-state index >= 15 is 0 Å². The number of aryl methyl sites for hydroxylation is 2. The predicted molar refractivity (Wildman–Crippen MR) is 97.6 cm³/mol. The summed E-state index contributed by atoms with van der Waals surface area (Å²) in [5.41, 5.74) is 4.31. The Kier molecular flexibility index (Phi) is 6.38. The van der Waals surface area contributed by atoms with Crippen LogP contribution in [-0.4, -0.2) is 26.1 Å². The minimum absolute atomic E-state index is 0.0344. The van der Waals surface area contributed by atoms with E-state index in [0.29, 0.717) is 13.2 Å². The maximum absolute atomic E-state index is 12.3. The summed E-state index contributed by atoms with van der Waals surface area (Å²) in [4.78, 5) is 13.4. The molecule has 0 heterocycles. The third-order valence-electron chi connectivity index (χ3n) is 3.87. The summed E-state index contributed by atoms with van der Waals surface area (Å²) in [5, 5.41) is 3.01. The van der Waals surface area contributed by atoms with Crippen molar-refractivity contribution in [3.8, 4) is 5.75 Å². The first-order valence-corrected chi connectivity index (χ1v) is 8.38. The van der Waals surface area contributed by atoms with Crippen LogP contribution in [-0.2, 0) is 11.3 Å². The SMILES string of the molecule is CCOc1ccc(C[NH+](C)CC(=O)Nc2cc(C)ccc2C)cc1. The van der Waals surface area contributed by atoms with E-state index in [2.05, 4.69) is 17.4 Å². The van der Waals surface area contributed by atoms with Gasteiger partial charge in [-0.05, 0) is 62.2 Å². The van der Waals surface area contributed by atoms with Crippen molar-refractivity contribution in [3.63, 3.8) is 0 Å². The first kappa shape index (κ1) is 18.0. The topological polar surface area (TPSA) is 42.8 Å². The van der Waals surface area contributed by atoms with E-state index in [9.17, 15) is 4.79 Å². The van der Waals surface area contributed by atoms with E-state index in [1.807, 2.05) is 58.2 Å². The summed E-state index contributed by atoms with van der Waals surface area (Å²) < 4.78 is 5.45. The Labute approximate surface area is 144 Å². The fourth-order valence-electron chi connectivity index (χ4n) is 2.62. The average molecular weight is 327 g/mol. The van der Waals surface area contributed by atoms with Crippen molar-refractivity contribution in [1.29, 1.82) is 0 Å². The van der Waals surface area contributed by atoms with Crippen molar-refractivity contribution in [2.75, 3.05) is 25.5 Å². The van der Waals surface area contributed by atoms with Crippen LogP contribution in [0, 0.1) is 13.8 Å². The van der Waals surface area contributed by atoms with E-state index in [1.54, 1.807) is 0 Å². The van der Waals surface area contributed by atoms with Crippen LogP contribution in [0.25, 0.3) is 0 Å². The maximum atomic E-state index is 12.3. The molecule has 2 aromatic carbocycles. The molecule has 0 spiro atoms. The molecule has 0 aliphatic rings. The number of carbonyl (C=O) groups excluding carboxylic acids is 1. The highest BCUT2D eigenvalue weighted by Gasteiger charge is 2.12. The number of carbonyl (C=O) groups is 1. The van der Waals surface area contributed by atoms with E-state index < -0.39 is 0 Å². The molecule has 2 aromatic rings. The first-order chi connectivity index (χ1) is 11.5. The number of benzene rings is 2. The van der Waals surface area contributed by atoms with Crippen molar-refractivity contribution >= 4 is 11.6 Å². The standard InChI is InChI=1S/C20H26N2O2/c1-5-24-18-10-8-17(9-11-18)13-22(4)14-20(23)21-19-12-15(2)6-7-16(19)3/h6-12H,5,13-14H2,1-4H3,(H,21,23)/p+1. The van der Waals surface area contributed by atoms with Crippen LogP contribution < -0.4 is 15.0 Å². The van der Waals surface area contributed by atoms with Crippen LogP contribution in [0.1, 0.15) is 23.6 Å². The summed E-state index contributed by atoms with van der Waals surface area (Å²) in [7, 11) is 2.03. The average Bonchev–Trinajstić information content (AvgIpc) is 2.53. The molecule has 2 N–H and O–H groups in total. The smallest absolute Gasteiger partial charge is 0.279 e. The van der Waals surface area contributed by atoms with E-state index in [4.69, 9.17) is 4.74 Å². The molecule has 1 atom stereocenters. The maximum Gasteiger partial charge on any atom is 0.279 e. The van der Waals surface area contributed by atoms with Gasteiger partial charge in [0.05, 0.1) is 13.7 Å². The van der Waals surface area contributed by atoms with Gasteiger partial charge in [0.1, 0.15) is 12.3 Å². The van der Waals surface area contributed by atoms with Crippen molar-refractivity contribution in [1.82, 2.24) is 0 Å². The molecule has 1 amide bonds. The number of ether oxygens (including phenoxy) is 1. The zero-order valence-corrected chi connectivity index (χ0v) is 15.0. The lowest BCUT2D eigenvalue weighted by molar-refractivity contribution is -0.885. The number of likely N-dealkylation sites (N-methyl/N-ethyl adjacent to an activating group) is 1. The predicted octanol–water partition coefficient (Wildman–Crippen LogP) is 2.36. The molecular formula is C20H27N2O2+. The van der Waals surface area contributed by atoms with Crippen LogP contribution in [0.15, 0.2) is 42.5 Å². The van der Waals surface area contributed by atoms with E-state index in [0.717, 1.165) is 34.0 Å². The molecule has 0 aromatic heterocycles. The van der Waals surface area contributed by atoms with Crippen molar-refractivity contribution in [2.24, 2.45) is 0 Å². The van der Waals surface area contributed by atoms with E-state index in [-0.39, 0.29) is 5.91 Å². The van der Waals surface area contributed by atoms with Gasteiger partial charge in [0.25, 0.3) is 5.91 Å². The number of rotatable bonds is 7. The molecule has 0 saturated carbocycles. The van der Waals surface area contributed by atoms with Crippen molar-refractivity contribution in [2.45, 2.75) is 27.3 Å². The Hall–Kier alpha value is -2.33. The van der Waals surface area contributed by atoms with Crippen LogP contribution in [0.5, 0.6) is 5.75 Å². The molecule has 128 valence electrons. The lowest BCUT2D eigenvalue weighted by Gasteiger charge is -2.15. The summed E-state index contributed by atoms with van der Waals surface area (Å²) in [5.74, 6) is 0.915. The number of quaternary nitrogens is 1. The molecule has 2 rings (SSSR count). The number of hydrogen-bond acceptors (Lipinski definition) is 2. The van der Waals surface area contributed by atoms with Crippen molar-refractivity contribution in [3.05, 3.63) is 59.2 Å². The second kappa shape index (κ2) is 8.50. The van der Waals surface area contributed by atoms with Gasteiger partial charge in [-0.1, -0.05) is 12.1 Å². The molecule has 4 heteroatoms. The molecule has 4 nitrogen and oxygen atoms in total. The molecule has 0 radical (unpaired) electrons. The second-order valence-electron chi connectivity index (χ2n) is 6.25. The summed E-state index contributed by atoms with van der Waals surface area (Å²) in [6.45, 7) is 7.90. The van der Waals surface area contributed by atoms with Gasteiger partial charge in [0, 0.05) is 11.3 Å². The van der Waals surface area contributed by atoms with Crippen LogP contribution in [0.2, 0.25) is 0 Å². The molecule has 0 saturated heterocycles. The molecule has 1 unspecified atom stereocenters. The molecule has 0 fully saturated rings. The van der Waals surface area contributed by atoms with Gasteiger partial charge in [-0.25, -0.2) is 0 Å². The van der Waals surface area contributed by atoms with Gasteiger partial charge in [-0.3, -0.25) is 4.79 Å². The Bertz CT molecular complexity index is 681. The lowest BCUT2D eigenvalue weighted by Crippen LogP contribution is -3.08. The molecule has 0 aliphatic heterocycles. The lowest BCUT2D eigenvalue weighted by atomic mass is 10.1. The molecule has 0 bridgehead atoms. The molecule has 0 aliphatic carbocycles. The van der Waals surface area contributed by atoms with Gasteiger partial charge in [0.2, 0.25) is 0 Å². The highest BCUT2D eigenvalue weighted by atomic mass is 16.5. The van der Waals surface area contributed by atoms with Gasteiger partial charge in [-0.15, -0.1) is 0 Å². The second-order valence-corrected chi connectivity index (χ2v) is 6.25. The summed E-state index contributed by atoms with van der Waals surface area (Å²) in [6, 6.07) is 14.1. The number of amides is 1. The van der Waals surface area contributed by atoms with Crippen LogP contribution in [0.4, 0.5) is 5.69 Å².